The average Bonchev–Trinajstić information content (AvgIpc) is 3.00. The monoisotopic (exact) mass is 282 g/mol. The second-order valence-electron chi connectivity index (χ2n) is 5.53. The van der Waals surface area contributed by atoms with E-state index in [0.29, 0.717) is 0 Å². The van der Waals surface area contributed by atoms with Crippen LogP contribution in [0.5, 0.6) is 0 Å². The zero-order valence-corrected chi connectivity index (χ0v) is 13.0. The summed E-state index contributed by atoms with van der Waals surface area (Å²) in [6.45, 7) is 5.02. The minimum absolute atomic E-state index is 0.0908. The molecule has 1 heterocycles. The molecule has 0 amide bonds. The molecule has 4 heteroatoms. The second-order valence-corrected chi connectivity index (χ2v) is 6.39. The highest BCUT2D eigenvalue weighted by Gasteiger charge is 2.39. The maximum atomic E-state index is 6.10. The van der Waals surface area contributed by atoms with Gasteiger partial charge in [-0.25, -0.2) is 4.98 Å². The zero-order chi connectivity index (χ0) is 13.7. The van der Waals surface area contributed by atoms with Crippen LogP contribution in [0.4, 0.5) is 0 Å². The van der Waals surface area contributed by atoms with E-state index in [4.69, 9.17) is 15.5 Å². The summed E-state index contributed by atoms with van der Waals surface area (Å²) < 4.78 is 6.06. The molecule has 0 bridgehead atoms. The van der Waals surface area contributed by atoms with E-state index in [0.717, 1.165) is 44.4 Å². The van der Waals surface area contributed by atoms with Gasteiger partial charge in [-0.2, -0.15) is 0 Å². The van der Waals surface area contributed by atoms with Gasteiger partial charge in [0.15, 0.2) is 0 Å². The average molecular weight is 282 g/mol. The van der Waals surface area contributed by atoms with Gasteiger partial charge in [0.1, 0.15) is 10.6 Å². The summed E-state index contributed by atoms with van der Waals surface area (Å²) in [5.74, 6) is 0. The van der Waals surface area contributed by atoms with E-state index < -0.39 is 0 Å². The molecule has 0 aromatic carbocycles. The highest BCUT2D eigenvalue weighted by atomic mass is 32.1. The van der Waals surface area contributed by atoms with Crippen LogP contribution in [0.2, 0.25) is 0 Å². The number of hydrogen-bond donors (Lipinski definition) is 1. The summed E-state index contributed by atoms with van der Waals surface area (Å²) in [5, 5.41) is 3.34. The van der Waals surface area contributed by atoms with Gasteiger partial charge < -0.3 is 10.5 Å². The first kappa shape index (κ1) is 14.9. The summed E-state index contributed by atoms with van der Waals surface area (Å²) in [7, 11) is 0. The summed E-state index contributed by atoms with van der Waals surface area (Å²) in [5.41, 5.74) is 7.16. The van der Waals surface area contributed by atoms with E-state index >= 15 is 0 Å². The van der Waals surface area contributed by atoms with Crippen LogP contribution in [0.1, 0.15) is 63.1 Å². The van der Waals surface area contributed by atoms with Crippen molar-refractivity contribution in [2.45, 2.75) is 70.4 Å². The summed E-state index contributed by atoms with van der Waals surface area (Å²) >= 11 is 1.75. The Morgan fingerprint density at radius 1 is 1.42 bits per heavy atom. The van der Waals surface area contributed by atoms with Crippen molar-refractivity contribution >= 4 is 11.3 Å². The fraction of sp³-hybridized carbons (Fsp3) is 0.800. The third-order valence-electron chi connectivity index (χ3n) is 3.90. The molecular formula is C15H26N2OS. The molecule has 3 nitrogen and oxygen atoms in total. The Morgan fingerprint density at radius 2 is 2.16 bits per heavy atom. The maximum Gasteiger partial charge on any atom is 0.125 e. The minimum atomic E-state index is -0.0908. The van der Waals surface area contributed by atoms with Gasteiger partial charge in [-0.1, -0.05) is 26.2 Å². The van der Waals surface area contributed by atoms with Crippen molar-refractivity contribution in [1.82, 2.24) is 4.98 Å². The number of nitrogens with zero attached hydrogens (tertiary/aromatic N) is 1. The van der Waals surface area contributed by atoms with Crippen LogP contribution in [0.25, 0.3) is 0 Å². The largest absolute Gasteiger partial charge is 0.368 e. The standard InChI is InChI=1S/C15H26N2OS/c1-3-7-12(16)10-13-11-19-14(17-13)15(18-4-2)8-5-6-9-15/h11-12H,3-10,16H2,1-2H3. The van der Waals surface area contributed by atoms with Crippen molar-refractivity contribution in [2.75, 3.05) is 6.61 Å². The van der Waals surface area contributed by atoms with Crippen molar-refractivity contribution in [2.24, 2.45) is 5.73 Å². The molecule has 1 unspecified atom stereocenters. The molecule has 1 aliphatic carbocycles. The topological polar surface area (TPSA) is 48.1 Å². The Balaban J connectivity index is 2.06. The van der Waals surface area contributed by atoms with Gasteiger partial charge in [-0.15, -0.1) is 11.3 Å². The Labute approximate surface area is 120 Å². The highest BCUT2D eigenvalue weighted by Crippen LogP contribution is 2.43. The fourth-order valence-electron chi connectivity index (χ4n) is 2.99. The molecular weight excluding hydrogens is 256 g/mol. The van der Waals surface area contributed by atoms with Crippen LogP contribution in [0.3, 0.4) is 0 Å². The van der Waals surface area contributed by atoms with Gasteiger partial charge in [0.25, 0.3) is 0 Å². The Hall–Kier alpha value is -0.450. The Bertz CT molecular complexity index is 385. The van der Waals surface area contributed by atoms with Crippen LogP contribution >= 0.6 is 11.3 Å². The molecule has 2 rings (SSSR count). The van der Waals surface area contributed by atoms with Crippen molar-refractivity contribution in [3.8, 4) is 0 Å². The Morgan fingerprint density at radius 3 is 2.79 bits per heavy atom. The molecule has 1 saturated carbocycles. The number of ether oxygens (including phenoxy) is 1. The van der Waals surface area contributed by atoms with Crippen molar-refractivity contribution in [3.63, 3.8) is 0 Å². The lowest BCUT2D eigenvalue weighted by atomic mass is 10.0. The molecule has 108 valence electrons. The molecule has 1 aliphatic rings. The first-order chi connectivity index (χ1) is 9.20. The molecule has 0 aliphatic heterocycles. The molecule has 2 N–H and O–H groups in total. The van der Waals surface area contributed by atoms with Gasteiger partial charge in [0.2, 0.25) is 0 Å². The third kappa shape index (κ3) is 3.56. The van der Waals surface area contributed by atoms with Gasteiger partial charge in [0, 0.05) is 24.4 Å². The molecule has 1 atom stereocenters. The van der Waals surface area contributed by atoms with E-state index in [1.165, 1.54) is 17.8 Å². The molecule has 0 spiro atoms. The first-order valence-electron chi connectivity index (χ1n) is 7.54. The lowest BCUT2D eigenvalue weighted by Crippen LogP contribution is -2.26. The molecule has 1 fully saturated rings. The smallest absolute Gasteiger partial charge is 0.125 e. The molecule has 19 heavy (non-hydrogen) atoms. The summed E-state index contributed by atoms with van der Waals surface area (Å²) in [6.07, 6.45) is 7.86. The van der Waals surface area contributed by atoms with E-state index in [2.05, 4.69) is 19.2 Å². The van der Waals surface area contributed by atoms with E-state index in [-0.39, 0.29) is 11.6 Å². The number of hydrogen-bond acceptors (Lipinski definition) is 4. The maximum absolute atomic E-state index is 6.10. The predicted octanol–water partition coefficient (Wildman–Crippen LogP) is 3.62. The molecule has 1 aromatic heterocycles. The van der Waals surface area contributed by atoms with Crippen molar-refractivity contribution < 1.29 is 4.74 Å². The minimum Gasteiger partial charge on any atom is -0.368 e. The highest BCUT2D eigenvalue weighted by molar-refractivity contribution is 7.09. The second kappa shape index (κ2) is 6.82. The van der Waals surface area contributed by atoms with Crippen molar-refractivity contribution in [3.05, 3.63) is 16.1 Å². The lowest BCUT2D eigenvalue weighted by molar-refractivity contribution is -0.0392. The molecule has 0 radical (unpaired) electrons. The third-order valence-corrected chi connectivity index (χ3v) is 4.98. The normalized spacial score (nSPS) is 19.7. The van der Waals surface area contributed by atoms with E-state index in [9.17, 15) is 0 Å². The SMILES string of the molecule is CCCC(N)Cc1csc(C2(OCC)CCCC2)n1. The van der Waals surface area contributed by atoms with Gasteiger partial charge in [0.05, 0.1) is 5.69 Å². The number of thiazole rings is 1. The molecule has 0 saturated heterocycles. The van der Waals surface area contributed by atoms with Crippen molar-refractivity contribution in [1.29, 1.82) is 0 Å². The van der Waals surface area contributed by atoms with Gasteiger partial charge in [-0.05, 0) is 26.2 Å². The number of rotatable bonds is 7. The predicted molar refractivity (Wildman–Crippen MR) is 80.5 cm³/mol. The first-order valence-corrected chi connectivity index (χ1v) is 8.42. The van der Waals surface area contributed by atoms with Gasteiger partial charge >= 0.3 is 0 Å². The fourth-order valence-corrected chi connectivity index (χ4v) is 4.04. The van der Waals surface area contributed by atoms with Crippen LogP contribution in [-0.2, 0) is 16.8 Å². The van der Waals surface area contributed by atoms with Crippen LogP contribution in [-0.4, -0.2) is 17.6 Å². The van der Waals surface area contributed by atoms with Crippen LogP contribution in [0.15, 0.2) is 5.38 Å². The van der Waals surface area contributed by atoms with Gasteiger partial charge in [-0.3, -0.25) is 0 Å². The quantitative estimate of drug-likeness (QED) is 0.831. The number of nitrogens with two attached hydrogens (primary N) is 1. The number of aromatic nitrogens is 1. The lowest BCUT2D eigenvalue weighted by Gasteiger charge is -2.26. The van der Waals surface area contributed by atoms with Crippen LogP contribution < -0.4 is 5.73 Å². The molecule has 1 aromatic rings. The summed E-state index contributed by atoms with van der Waals surface area (Å²) in [4.78, 5) is 4.82. The van der Waals surface area contributed by atoms with E-state index in [1.54, 1.807) is 11.3 Å². The zero-order valence-electron chi connectivity index (χ0n) is 12.2. The Kier molecular flexibility index (Phi) is 5.37. The van der Waals surface area contributed by atoms with Crippen LogP contribution in [0, 0.1) is 0 Å². The summed E-state index contributed by atoms with van der Waals surface area (Å²) in [6, 6.07) is 0.242. The van der Waals surface area contributed by atoms with E-state index in [1.807, 2.05) is 0 Å².